The van der Waals surface area contributed by atoms with Gasteiger partial charge in [0.05, 0.1) is 13.2 Å². The first kappa shape index (κ1) is 12.2. The summed E-state index contributed by atoms with van der Waals surface area (Å²) in [5.41, 5.74) is 1.41. The molecule has 0 atom stereocenters. The molecule has 0 bridgehead atoms. The summed E-state index contributed by atoms with van der Waals surface area (Å²) in [6.45, 7) is 1.28. The van der Waals surface area contributed by atoms with Gasteiger partial charge in [0.1, 0.15) is 0 Å². The summed E-state index contributed by atoms with van der Waals surface area (Å²) < 4.78 is 0. The number of rotatable bonds is 4. The molecule has 0 radical (unpaired) electrons. The molecular formula is C11H14N2O3. The van der Waals surface area contributed by atoms with Crippen LogP contribution in [0.5, 0.6) is 0 Å². The highest BCUT2D eigenvalue weighted by Crippen LogP contribution is 2.08. The number of carbonyl (C=O) groups excluding carboxylic acids is 2. The number of amides is 2. The van der Waals surface area contributed by atoms with E-state index in [0.717, 1.165) is 5.56 Å². The van der Waals surface area contributed by atoms with E-state index >= 15 is 0 Å². The molecule has 16 heavy (non-hydrogen) atoms. The van der Waals surface area contributed by atoms with Crippen molar-refractivity contribution < 1.29 is 14.7 Å². The third kappa shape index (κ3) is 4.10. The van der Waals surface area contributed by atoms with Gasteiger partial charge in [-0.25, -0.2) is 0 Å². The lowest BCUT2D eigenvalue weighted by Gasteiger charge is -2.06. The number of nitrogens with one attached hydrogen (secondary N) is 2. The summed E-state index contributed by atoms with van der Waals surface area (Å²) in [6.07, 6.45) is 0. The van der Waals surface area contributed by atoms with Crippen LogP contribution in [0.25, 0.3) is 0 Å². The molecule has 1 aromatic rings. The Balaban J connectivity index is 2.46. The SMILES string of the molecule is CC(=O)NCC(=O)Nc1ccc(CO)cc1. The summed E-state index contributed by atoms with van der Waals surface area (Å²) in [6, 6.07) is 6.82. The van der Waals surface area contributed by atoms with Crippen LogP contribution in [0, 0.1) is 0 Å². The molecule has 0 heterocycles. The molecule has 1 rings (SSSR count). The zero-order chi connectivity index (χ0) is 12.0. The predicted octanol–water partition coefficient (Wildman–Crippen LogP) is 0.253. The molecule has 0 aliphatic heterocycles. The first-order chi connectivity index (χ1) is 7.61. The topological polar surface area (TPSA) is 78.4 Å². The second-order valence-electron chi connectivity index (χ2n) is 3.31. The zero-order valence-corrected chi connectivity index (χ0v) is 8.99. The fraction of sp³-hybridized carbons (Fsp3) is 0.273. The van der Waals surface area contributed by atoms with Gasteiger partial charge < -0.3 is 15.7 Å². The average Bonchev–Trinajstić information content (AvgIpc) is 2.27. The molecule has 2 amide bonds. The van der Waals surface area contributed by atoms with Crippen molar-refractivity contribution in [1.82, 2.24) is 5.32 Å². The molecule has 5 nitrogen and oxygen atoms in total. The van der Waals surface area contributed by atoms with Crippen LogP contribution in [0.15, 0.2) is 24.3 Å². The highest BCUT2D eigenvalue weighted by molar-refractivity contribution is 5.94. The maximum absolute atomic E-state index is 11.3. The summed E-state index contributed by atoms with van der Waals surface area (Å²) in [5, 5.41) is 13.8. The van der Waals surface area contributed by atoms with Gasteiger partial charge in [-0.3, -0.25) is 9.59 Å². The van der Waals surface area contributed by atoms with Crippen molar-refractivity contribution in [2.24, 2.45) is 0 Å². The van der Waals surface area contributed by atoms with Crippen LogP contribution < -0.4 is 10.6 Å². The minimum absolute atomic E-state index is 0.0277. The van der Waals surface area contributed by atoms with Gasteiger partial charge in [-0.2, -0.15) is 0 Å². The van der Waals surface area contributed by atoms with E-state index < -0.39 is 0 Å². The van der Waals surface area contributed by atoms with Gasteiger partial charge in [-0.1, -0.05) is 12.1 Å². The molecule has 0 unspecified atom stereocenters. The Hall–Kier alpha value is -1.88. The number of hydrogen-bond acceptors (Lipinski definition) is 3. The molecule has 0 aliphatic rings. The van der Waals surface area contributed by atoms with Crippen molar-refractivity contribution in [2.75, 3.05) is 11.9 Å². The molecule has 86 valence electrons. The maximum Gasteiger partial charge on any atom is 0.243 e. The third-order valence-corrected chi connectivity index (χ3v) is 1.92. The van der Waals surface area contributed by atoms with Crippen LogP contribution >= 0.6 is 0 Å². The number of anilines is 1. The molecule has 3 N–H and O–H groups in total. The Morgan fingerprint density at radius 3 is 2.38 bits per heavy atom. The third-order valence-electron chi connectivity index (χ3n) is 1.92. The number of aliphatic hydroxyl groups excluding tert-OH is 1. The van der Waals surface area contributed by atoms with E-state index in [-0.39, 0.29) is 25.0 Å². The fourth-order valence-corrected chi connectivity index (χ4v) is 1.10. The van der Waals surface area contributed by atoms with Gasteiger partial charge in [0.2, 0.25) is 11.8 Å². The Kier molecular flexibility index (Phi) is 4.47. The minimum Gasteiger partial charge on any atom is -0.392 e. The normalized spacial score (nSPS) is 9.62. The predicted molar refractivity (Wildman–Crippen MR) is 59.7 cm³/mol. The van der Waals surface area contributed by atoms with Gasteiger partial charge in [0, 0.05) is 12.6 Å². The van der Waals surface area contributed by atoms with E-state index in [4.69, 9.17) is 5.11 Å². The van der Waals surface area contributed by atoms with Crippen LogP contribution in [0.3, 0.4) is 0 Å². The van der Waals surface area contributed by atoms with Crippen LogP contribution in [0.2, 0.25) is 0 Å². The lowest BCUT2D eigenvalue weighted by Crippen LogP contribution is -2.31. The molecule has 1 aromatic carbocycles. The molecular weight excluding hydrogens is 208 g/mol. The van der Waals surface area contributed by atoms with Gasteiger partial charge >= 0.3 is 0 Å². The number of benzene rings is 1. The van der Waals surface area contributed by atoms with Crippen LogP contribution in [-0.4, -0.2) is 23.5 Å². The van der Waals surface area contributed by atoms with Gasteiger partial charge in [0.15, 0.2) is 0 Å². The van der Waals surface area contributed by atoms with Gasteiger partial charge in [-0.05, 0) is 17.7 Å². The van der Waals surface area contributed by atoms with E-state index in [1.165, 1.54) is 6.92 Å². The lowest BCUT2D eigenvalue weighted by atomic mass is 10.2. The number of hydrogen-bond donors (Lipinski definition) is 3. The average molecular weight is 222 g/mol. The van der Waals surface area contributed by atoms with Crippen LogP contribution in [0.4, 0.5) is 5.69 Å². The number of aliphatic hydroxyl groups is 1. The van der Waals surface area contributed by atoms with E-state index in [2.05, 4.69) is 10.6 Å². The largest absolute Gasteiger partial charge is 0.392 e. The van der Waals surface area contributed by atoms with Crippen LogP contribution in [0.1, 0.15) is 12.5 Å². The zero-order valence-electron chi connectivity index (χ0n) is 8.99. The smallest absolute Gasteiger partial charge is 0.243 e. The Morgan fingerprint density at radius 1 is 1.25 bits per heavy atom. The quantitative estimate of drug-likeness (QED) is 0.683. The number of carbonyl (C=O) groups is 2. The van der Waals surface area contributed by atoms with Crippen molar-refractivity contribution >= 4 is 17.5 Å². The monoisotopic (exact) mass is 222 g/mol. The van der Waals surface area contributed by atoms with E-state index in [0.29, 0.717) is 5.69 Å². The molecule has 0 aliphatic carbocycles. The Labute approximate surface area is 93.5 Å². The summed E-state index contributed by atoms with van der Waals surface area (Å²) in [5.74, 6) is -0.530. The van der Waals surface area contributed by atoms with Crippen LogP contribution in [-0.2, 0) is 16.2 Å². The van der Waals surface area contributed by atoms with Crippen molar-refractivity contribution in [3.8, 4) is 0 Å². The fourth-order valence-electron chi connectivity index (χ4n) is 1.10. The van der Waals surface area contributed by atoms with Crippen molar-refractivity contribution in [3.05, 3.63) is 29.8 Å². The molecule has 0 saturated carbocycles. The molecule has 0 saturated heterocycles. The molecule has 0 spiro atoms. The summed E-state index contributed by atoms with van der Waals surface area (Å²) >= 11 is 0. The molecule has 0 fully saturated rings. The highest BCUT2D eigenvalue weighted by atomic mass is 16.3. The van der Waals surface area contributed by atoms with Gasteiger partial charge in [-0.15, -0.1) is 0 Å². The van der Waals surface area contributed by atoms with E-state index in [1.54, 1.807) is 24.3 Å². The summed E-state index contributed by atoms with van der Waals surface area (Å²) in [4.78, 5) is 21.9. The molecule has 5 heteroatoms. The molecule has 0 aromatic heterocycles. The summed E-state index contributed by atoms with van der Waals surface area (Å²) in [7, 11) is 0. The second-order valence-corrected chi connectivity index (χ2v) is 3.31. The van der Waals surface area contributed by atoms with E-state index in [1.807, 2.05) is 0 Å². The Bertz CT molecular complexity index is 373. The maximum atomic E-state index is 11.3. The van der Waals surface area contributed by atoms with Gasteiger partial charge in [0.25, 0.3) is 0 Å². The first-order valence-electron chi connectivity index (χ1n) is 4.86. The Morgan fingerprint density at radius 2 is 1.88 bits per heavy atom. The van der Waals surface area contributed by atoms with Crippen molar-refractivity contribution in [1.29, 1.82) is 0 Å². The van der Waals surface area contributed by atoms with Crippen molar-refractivity contribution in [3.63, 3.8) is 0 Å². The minimum atomic E-state index is -0.285. The lowest BCUT2D eigenvalue weighted by molar-refractivity contribution is -0.122. The van der Waals surface area contributed by atoms with Crippen molar-refractivity contribution in [2.45, 2.75) is 13.5 Å². The second kappa shape index (κ2) is 5.87. The standard InChI is InChI=1S/C11H14N2O3/c1-8(15)12-6-11(16)13-10-4-2-9(7-14)3-5-10/h2-5,14H,6-7H2,1H3,(H,12,15)(H,13,16). The van der Waals surface area contributed by atoms with E-state index in [9.17, 15) is 9.59 Å². The highest BCUT2D eigenvalue weighted by Gasteiger charge is 2.02. The first-order valence-corrected chi connectivity index (χ1v) is 4.86.